The summed E-state index contributed by atoms with van der Waals surface area (Å²) >= 11 is 0. The van der Waals surface area contributed by atoms with Gasteiger partial charge < -0.3 is 14.6 Å². The van der Waals surface area contributed by atoms with Gasteiger partial charge in [-0.05, 0) is 32.2 Å². The Morgan fingerprint density at radius 3 is 2.55 bits per heavy atom. The highest BCUT2D eigenvalue weighted by molar-refractivity contribution is 4.93. The van der Waals surface area contributed by atoms with Gasteiger partial charge in [0.2, 0.25) is 11.7 Å². The molecule has 0 aromatic carbocycles. The molecule has 2 atom stereocenters. The monoisotopic (exact) mass is 283 g/mol. The number of aromatic nitrogens is 2. The van der Waals surface area contributed by atoms with E-state index < -0.39 is 0 Å². The first-order valence-electron chi connectivity index (χ1n) is 7.78. The molecule has 0 radical (unpaired) electrons. The summed E-state index contributed by atoms with van der Waals surface area (Å²) in [6.07, 6.45) is 2.69. The molecule has 0 spiro atoms. The fraction of sp³-hybridized carbons (Fsp3) is 0.867. The number of likely N-dealkylation sites (N-methyl/N-ethyl adjacent to an activating group) is 1. The largest absolute Gasteiger partial charge is 0.370 e. The maximum absolute atomic E-state index is 5.61. The molecule has 0 aliphatic heterocycles. The van der Waals surface area contributed by atoms with Crippen molar-refractivity contribution in [1.82, 2.24) is 15.5 Å². The van der Waals surface area contributed by atoms with E-state index in [0.29, 0.717) is 30.3 Å². The summed E-state index contributed by atoms with van der Waals surface area (Å²) in [5.74, 6) is 2.02. The minimum atomic E-state index is -0.0554. The lowest BCUT2D eigenvalue weighted by atomic mass is 10.0. The second-order valence-corrected chi connectivity index (χ2v) is 5.49. The molecule has 0 saturated carbocycles. The van der Waals surface area contributed by atoms with Gasteiger partial charge in [-0.15, -0.1) is 0 Å². The Morgan fingerprint density at radius 1 is 1.25 bits per heavy atom. The number of hydrogen-bond acceptors (Lipinski definition) is 5. The smallest absolute Gasteiger partial charge is 0.228 e. The molecule has 1 rings (SSSR count). The Hall–Kier alpha value is -0.940. The molecule has 0 aliphatic carbocycles. The third kappa shape index (κ3) is 5.59. The van der Waals surface area contributed by atoms with Gasteiger partial charge in [0.25, 0.3) is 0 Å². The van der Waals surface area contributed by atoms with Crippen molar-refractivity contribution in [2.75, 3.05) is 13.2 Å². The number of ether oxygens (including phenoxy) is 1. The van der Waals surface area contributed by atoms with Crippen LogP contribution in [0.15, 0.2) is 4.52 Å². The average molecular weight is 283 g/mol. The number of nitrogens with zero attached hydrogens (tertiary/aromatic N) is 2. The molecular weight excluding hydrogens is 254 g/mol. The van der Waals surface area contributed by atoms with Crippen molar-refractivity contribution in [3.05, 3.63) is 11.7 Å². The van der Waals surface area contributed by atoms with E-state index in [0.717, 1.165) is 25.8 Å². The van der Waals surface area contributed by atoms with E-state index in [1.54, 1.807) is 0 Å². The molecule has 0 amide bonds. The number of hydrogen-bond donors (Lipinski definition) is 1. The summed E-state index contributed by atoms with van der Waals surface area (Å²) in [6.45, 7) is 12.2. The van der Waals surface area contributed by atoms with Crippen molar-refractivity contribution in [1.29, 1.82) is 0 Å². The van der Waals surface area contributed by atoms with Crippen LogP contribution in [0.5, 0.6) is 0 Å². The van der Waals surface area contributed by atoms with Gasteiger partial charge in [0.15, 0.2) is 0 Å². The van der Waals surface area contributed by atoms with Crippen LogP contribution in [0.2, 0.25) is 0 Å². The minimum Gasteiger partial charge on any atom is -0.370 e. The van der Waals surface area contributed by atoms with Gasteiger partial charge in [-0.25, -0.2) is 0 Å². The van der Waals surface area contributed by atoms with Crippen LogP contribution in [-0.2, 0) is 11.2 Å². The molecule has 1 N–H and O–H groups in total. The highest BCUT2D eigenvalue weighted by Gasteiger charge is 2.19. The van der Waals surface area contributed by atoms with Gasteiger partial charge in [0.05, 0.1) is 0 Å². The molecule has 0 saturated heterocycles. The van der Waals surface area contributed by atoms with Crippen LogP contribution in [0.1, 0.15) is 65.3 Å². The van der Waals surface area contributed by atoms with Crippen LogP contribution in [-0.4, -0.2) is 29.3 Å². The van der Waals surface area contributed by atoms with Crippen LogP contribution in [0.4, 0.5) is 0 Å². The number of rotatable bonds is 10. The molecular formula is C15H29N3O2. The predicted octanol–water partition coefficient (Wildman–Crippen LogP) is 3.12. The Labute approximate surface area is 122 Å². The van der Waals surface area contributed by atoms with Gasteiger partial charge in [0, 0.05) is 19.1 Å². The summed E-state index contributed by atoms with van der Waals surface area (Å²) in [4.78, 5) is 4.49. The fourth-order valence-electron chi connectivity index (χ4n) is 2.37. The van der Waals surface area contributed by atoms with E-state index in [-0.39, 0.29) is 6.10 Å². The highest BCUT2D eigenvalue weighted by Crippen LogP contribution is 2.18. The van der Waals surface area contributed by atoms with Crippen LogP contribution >= 0.6 is 0 Å². The molecule has 116 valence electrons. The molecule has 0 bridgehead atoms. The molecule has 0 fully saturated rings. The maximum Gasteiger partial charge on any atom is 0.228 e. The van der Waals surface area contributed by atoms with Crippen molar-refractivity contribution in [3.63, 3.8) is 0 Å². The van der Waals surface area contributed by atoms with Gasteiger partial charge in [-0.1, -0.05) is 32.9 Å². The summed E-state index contributed by atoms with van der Waals surface area (Å²) in [7, 11) is 0. The van der Waals surface area contributed by atoms with Crippen LogP contribution in [0.25, 0.3) is 0 Å². The topological polar surface area (TPSA) is 60.2 Å². The predicted molar refractivity (Wildman–Crippen MR) is 79.6 cm³/mol. The SMILES string of the molecule is CCNC(Cc1nc(C(CC)OCC)no1)CC(C)C. The van der Waals surface area contributed by atoms with Crippen molar-refractivity contribution in [2.24, 2.45) is 5.92 Å². The molecule has 1 aromatic heterocycles. The zero-order valence-corrected chi connectivity index (χ0v) is 13.5. The second kappa shape index (κ2) is 9.08. The van der Waals surface area contributed by atoms with Crippen LogP contribution < -0.4 is 5.32 Å². The molecule has 20 heavy (non-hydrogen) atoms. The molecule has 2 unspecified atom stereocenters. The van der Waals surface area contributed by atoms with Gasteiger partial charge in [-0.2, -0.15) is 4.98 Å². The third-order valence-corrected chi connectivity index (χ3v) is 3.18. The third-order valence-electron chi connectivity index (χ3n) is 3.18. The number of nitrogens with one attached hydrogen (secondary N) is 1. The van der Waals surface area contributed by atoms with Crippen LogP contribution in [0.3, 0.4) is 0 Å². The summed E-state index contributed by atoms with van der Waals surface area (Å²) in [5, 5.41) is 7.54. The Balaban J connectivity index is 2.64. The van der Waals surface area contributed by atoms with Crippen molar-refractivity contribution >= 4 is 0 Å². The Morgan fingerprint density at radius 2 is 2.00 bits per heavy atom. The lowest BCUT2D eigenvalue weighted by molar-refractivity contribution is 0.0518. The average Bonchev–Trinajstić information content (AvgIpc) is 2.83. The molecule has 5 nitrogen and oxygen atoms in total. The maximum atomic E-state index is 5.61. The standard InChI is InChI=1S/C15H29N3O2/c1-6-13(19-8-3)15-17-14(20-18-15)10-12(16-7-2)9-11(4)5/h11-13,16H,6-10H2,1-5H3. The van der Waals surface area contributed by atoms with E-state index in [1.165, 1.54) is 0 Å². The first-order valence-corrected chi connectivity index (χ1v) is 7.78. The highest BCUT2D eigenvalue weighted by atomic mass is 16.5. The molecule has 5 heteroatoms. The van der Waals surface area contributed by atoms with Gasteiger partial charge in [0.1, 0.15) is 6.10 Å². The summed E-state index contributed by atoms with van der Waals surface area (Å²) in [6, 6.07) is 0.389. The van der Waals surface area contributed by atoms with E-state index >= 15 is 0 Å². The quantitative estimate of drug-likeness (QED) is 0.715. The summed E-state index contributed by atoms with van der Waals surface area (Å²) in [5.41, 5.74) is 0. The van der Waals surface area contributed by atoms with E-state index in [9.17, 15) is 0 Å². The first-order chi connectivity index (χ1) is 9.60. The molecule has 1 aromatic rings. The van der Waals surface area contributed by atoms with E-state index in [4.69, 9.17) is 9.26 Å². The van der Waals surface area contributed by atoms with Gasteiger partial charge in [-0.3, -0.25) is 0 Å². The lowest BCUT2D eigenvalue weighted by Crippen LogP contribution is -2.32. The normalized spacial score (nSPS) is 14.7. The molecule has 0 aliphatic rings. The van der Waals surface area contributed by atoms with Crippen molar-refractivity contribution in [2.45, 2.75) is 66.0 Å². The fourth-order valence-corrected chi connectivity index (χ4v) is 2.37. The minimum absolute atomic E-state index is 0.0554. The zero-order valence-electron chi connectivity index (χ0n) is 13.5. The first kappa shape index (κ1) is 17.1. The molecule has 1 heterocycles. The second-order valence-electron chi connectivity index (χ2n) is 5.49. The van der Waals surface area contributed by atoms with Gasteiger partial charge >= 0.3 is 0 Å². The van der Waals surface area contributed by atoms with E-state index in [1.807, 2.05) is 6.92 Å². The van der Waals surface area contributed by atoms with E-state index in [2.05, 4.69) is 43.2 Å². The van der Waals surface area contributed by atoms with Crippen molar-refractivity contribution in [3.8, 4) is 0 Å². The Kier molecular flexibility index (Phi) is 7.77. The van der Waals surface area contributed by atoms with Crippen molar-refractivity contribution < 1.29 is 9.26 Å². The Bertz CT molecular complexity index is 366. The lowest BCUT2D eigenvalue weighted by Gasteiger charge is -2.17. The zero-order chi connectivity index (χ0) is 15.0. The summed E-state index contributed by atoms with van der Waals surface area (Å²) < 4.78 is 11.0. The van der Waals surface area contributed by atoms with Crippen LogP contribution in [0, 0.1) is 5.92 Å².